The molecule has 21 heavy (non-hydrogen) atoms. The molecule has 0 fully saturated rings. The van der Waals surface area contributed by atoms with Gasteiger partial charge in [0, 0.05) is 12.4 Å². The Morgan fingerprint density at radius 1 is 1.33 bits per heavy atom. The van der Waals surface area contributed by atoms with E-state index in [1.54, 1.807) is 0 Å². The van der Waals surface area contributed by atoms with Crippen molar-refractivity contribution in [3.8, 4) is 0 Å². The molecule has 6 heteroatoms. The molecule has 0 aliphatic rings. The Morgan fingerprint density at radius 2 is 2.10 bits per heavy atom. The van der Waals surface area contributed by atoms with Crippen LogP contribution < -0.4 is 0 Å². The molecule has 108 valence electrons. The van der Waals surface area contributed by atoms with Crippen molar-refractivity contribution in [2.75, 3.05) is 7.11 Å². The first-order chi connectivity index (χ1) is 10.1. The highest BCUT2D eigenvalue weighted by molar-refractivity contribution is 5.87. The van der Waals surface area contributed by atoms with Gasteiger partial charge in [0.1, 0.15) is 11.5 Å². The highest BCUT2D eigenvalue weighted by Gasteiger charge is 2.17. The highest BCUT2D eigenvalue weighted by atomic mass is 16.5. The number of para-hydroxylation sites is 1. The fourth-order valence-corrected chi connectivity index (χ4v) is 2.49. The molecule has 1 aromatic carbocycles. The summed E-state index contributed by atoms with van der Waals surface area (Å²) in [6, 6.07) is 8.02. The van der Waals surface area contributed by atoms with E-state index in [4.69, 9.17) is 4.74 Å². The third kappa shape index (κ3) is 2.18. The lowest BCUT2D eigenvalue weighted by Crippen LogP contribution is -2.13. The average molecular weight is 284 g/mol. The summed E-state index contributed by atoms with van der Waals surface area (Å²) < 4.78 is 8.46. The highest BCUT2D eigenvalue weighted by Crippen LogP contribution is 2.19. The van der Waals surface area contributed by atoms with E-state index in [1.807, 2.05) is 47.5 Å². The van der Waals surface area contributed by atoms with Crippen LogP contribution in [-0.4, -0.2) is 32.4 Å². The summed E-state index contributed by atoms with van der Waals surface area (Å²) in [5, 5.41) is 5.62. The zero-order valence-electron chi connectivity index (χ0n) is 12.2. The van der Waals surface area contributed by atoms with Crippen molar-refractivity contribution in [2.24, 2.45) is 7.05 Å². The van der Waals surface area contributed by atoms with Gasteiger partial charge in [-0.2, -0.15) is 5.10 Å². The monoisotopic (exact) mass is 284 g/mol. The maximum Gasteiger partial charge on any atom is 0.356 e. The second-order valence-corrected chi connectivity index (χ2v) is 4.86. The van der Waals surface area contributed by atoms with Gasteiger partial charge >= 0.3 is 5.97 Å². The van der Waals surface area contributed by atoms with E-state index in [0.717, 1.165) is 22.4 Å². The van der Waals surface area contributed by atoms with Gasteiger partial charge < -0.3 is 9.30 Å². The number of fused-ring (bicyclic) bond motifs is 1. The van der Waals surface area contributed by atoms with Crippen LogP contribution >= 0.6 is 0 Å². The molecular weight excluding hydrogens is 268 g/mol. The molecule has 0 unspecified atom stereocenters. The zero-order chi connectivity index (χ0) is 15.0. The first-order valence-corrected chi connectivity index (χ1v) is 6.63. The van der Waals surface area contributed by atoms with E-state index in [2.05, 4.69) is 10.1 Å². The number of methoxy groups -OCH3 is 1. The third-order valence-corrected chi connectivity index (χ3v) is 3.59. The maximum absolute atomic E-state index is 11.8. The molecule has 0 amide bonds. The third-order valence-electron chi connectivity index (χ3n) is 3.59. The molecule has 0 N–H and O–H groups in total. The van der Waals surface area contributed by atoms with Gasteiger partial charge in [-0.3, -0.25) is 4.68 Å². The Labute approximate surface area is 122 Å². The van der Waals surface area contributed by atoms with Crippen LogP contribution in [0.4, 0.5) is 0 Å². The first-order valence-electron chi connectivity index (χ1n) is 6.63. The number of benzene rings is 1. The zero-order valence-corrected chi connectivity index (χ0v) is 12.2. The Kier molecular flexibility index (Phi) is 3.21. The predicted molar refractivity (Wildman–Crippen MR) is 78.1 cm³/mol. The normalized spacial score (nSPS) is 11.0. The van der Waals surface area contributed by atoms with Crippen molar-refractivity contribution in [3.63, 3.8) is 0 Å². The van der Waals surface area contributed by atoms with Gasteiger partial charge in [-0.05, 0) is 13.0 Å². The largest absolute Gasteiger partial charge is 0.464 e. The first kappa shape index (κ1) is 13.4. The number of hydrogen-bond donors (Lipinski definition) is 0. The van der Waals surface area contributed by atoms with Crippen LogP contribution in [0, 0.1) is 6.92 Å². The minimum Gasteiger partial charge on any atom is -0.464 e. The van der Waals surface area contributed by atoms with Crippen LogP contribution in [-0.2, 0) is 18.3 Å². The number of carbonyl (C=O) groups is 1. The van der Waals surface area contributed by atoms with E-state index in [0.29, 0.717) is 12.2 Å². The molecule has 0 aliphatic carbocycles. The van der Waals surface area contributed by atoms with Crippen LogP contribution in [0.3, 0.4) is 0 Å². The van der Waals surface area contributed by atoms with Crippen molar-refractivity contribution in [1.82, 2.24) is 19.3 Å². The molecule has 2 aromatic heterocycles. The second-order valence-electron chi connectivity index (χ2n) is 4.86. The van der Waals surface area contributed by atoms with Crippen molar-refractivity contribution in [1.29, 1.82) is 0 Å². The van der Waals surface area contributed by atoms with Crippen LogP contribution in [0.2, 0.25) is 0 Å². The number of rotatable bonds is 3. The number of imidazole rings is 1. The minimum atomic E-state index is -0.393. The van der Waals surface area contributed by atoms with Crippen LogP contribution in [0.25, 0.3) is 10.9 Å². The average Bonchev–Trinajstić information content (AvgIpc) is 3.01. The summed E-state index contributed by atoms with van der Waals surface area (Å²) >= 11 is 0. The summed E-state index contributed by atoms with van der Waals surface area (Å²) in [5.41, 5.74) is 2.40. The topological polar surface area (TPSA) is 61.9 Å². The Hall–Kier alpha value is -2.63. The number of aromatic nitrogens is 4. The SMILES string of the molecule is COC(=O)c1cnc(C)n1Cc1nn(C)c2ccccc12. The van der Waals surface area contributed by atoms with E-state index in [-0.39, 0.29) is 0 Å². The van der Waals surface area contributed by atoms with E-state index in [9.17, 15) is 4.79 Å². The quantitative estimate of drug-likeness (QED) is 0.689. The molecular formula is C15H16N4O2. The van der Waals surface area contributed by atoms with Gasteiger partial charge in [0.2, 0.25) is 0 Å². The molecule has 0 aliphatic heterocycles. The molecule has 0 spiro atoms. The van der Waals surface area contributed by atoms with Gasteiger partial charge in [-0.25, -0.2) is 9.78 Å². The molecule has 0 saturated carbocycles. The van der Waals surface area contributed by atoms with Gasteiger partial charge in [0.25, 0.3) is 0 Å². The summed E-state index contributed by atoms with van der Waals surface area (Å²) in [5.74, 6) is 0.362. The van der Waals surface area contributed by atoms with Gasteiger partial charge in [-0.15, -0.1) is 0 Å². The second kappa shape index (κ2) is 5.05. The molecule has 0 atom stereocenters. The van der Waals surface area contributed by atoms with Crippen LogP contribution in [0.1, 0.15) is 22.0 Å². The lowest BCUT2D eigenvalue weighted by Gasteiger charge is -2.07. The number of carbonyl (C=O) groups excluding carboxylic acids is 1. The number of hydrogen-bond acceptors (Lipinski definition) is 4. The number of aryl methyl sites for hydroxylation is 2. The lowest BCUT2D eigenvalue weighted by molar-refractivity contribution is 0.0588. The molecule has 3 rings (SSSR count). The Morgan fingerprint density at radius 3 is 2.86 bits per heavy atom. The van der Waals surface area contributed by atoms with Crippen molar-refractivity contribution in [3.05, 3.63) is 47.7 Å². The summed E-state index contributed by atoms with van der Waals surface area (Å²) in [4.78, 5) is 16.0. The smallest absolute Gasteiger partial charge is 0.356 e. The van der Waals surface area contributed by atoms with Gasteiger partial charge in [-0.1, -0.05) is 18.2 Å². The number of esters is 1. The van der Waals surface area contributed by atoms with Gasteiger partial charge in [0.05, 0.1) is 31.1 Å². The van der Waals surface area contributed by atoms with E-state index < -0.39 is 5.97 Å². The van der Waals surface area contributed by atoms with Crippen LogP contribution in [0.5, 0.6) is 0 Å². The fraction of sp³-hybridized carbons (Fsp3) is 0.267. The van der Waals surface area contributed by atoms with Crippen LogP contribution in [0.15, 0.2) is 30.5 Å². The van der Waals surface area contributed by atoms with E-state index in [1.165, 1.54) is 13.3 Å². The van der Waals surface area contributed by atoms with Crippen molar-refractivity contribution in [2.45, 2.75) is 13.5 Å². The fourth-order valence-electron chi connectivity index (χ4n) is 2.49. The summed E-state index contributed by atoms with van der Waals surface area (Å²) in [6.07, 6.45) is 1.53. The van der Waals surface area contributed by atoms with E-state index >= 15 is 0 Å². The summed E-state index contributed by atoms with van der Waals surface area (Å²) in [7, 11) is 3.28. The molecule has 2 heterocycles. The number of ether oxygens (including phenoxy) is 1. The maximum atomic E-state index is 11.8. The molecule has 3 aromatic rings. The van der Waals surface area contributed by atoms with Crippen molar-refractivity contribution < 1.29 is 9.53 Å². The molecule has 0 radical (unpaired) electrons. The molecule has 0 bridgehead atoms. The molecule has 0 saturated heterocycles. The minimum absolute atomic E-state index is 0.393. The van der Waals surface area contributed by atoms with Gasteiger partial charge in [0.15, 0.2) is 0 Å². The molecule has 6 nitrogen and oxygen atoms in total. The number of nitrogens with zero attached hydrogens (tertiary/aromatic N) is 4. The summed E-state index contributed by atoms with van der Waals surface area (Å²) in [6.45, 7) is 2.34. The lowest BCUT2D eigenvalue weighted by atomic mass is 10.2. The predicted octanol–water partition coefficient (Wildman–Crippen LogP) is 1.91. The Balaban J connectivity index is 2.07. The Bertz CT molecular complexity index is 816. The van der Waals surface area contributed by atoms with Crippen molar-refractivity contribution >= 4 is 16.9 Å². The standard InChI is InChI=1S/C15H16N4O2/c1-10-16-8-14(15(20)21-3)19(10)9-12-11-6-4-5-7-13(11)18(2)17-12/h4-8H,9H2,1-3H3.